The number of aromatic nitrogens is 2. The molecule has 1 aromatic heterocycles. The minimum atomic E-state index is 0.248. The lowest BCUT2D eigenvalue weighted by Gasteiger charge is -2.41. The molecule has 2 aliphatic rings. The second-order valence-electron chi connectivity index (χ2n) is 5.06. The van der Waals surface area contributed by atoms with Crippen LogP contribution in [-0.2, 0) is 12.8 Å². The van der Waals surface area contributed by atoms with E-state index in [1.807, 2.05) is 4.90 Å². The molecule has 0 radical (unpaired) electrons. The van der Waals surface area contributed by atoms with Crippen LogP contribution in [-0.4, -0.2) is 27.5 Å². The van der Waals surface area contributed by atoms with Crippen LogP contribution < -0.4 is 11.5 Å². The SMILES string of the molecule is N#CN1CCC[C@H]2Cc3nc(N)nc(N)c3C[C@@H]21. The third kappa shape index (κ3) is 1.63. The van der Waals surface area contributed by atoms with Crippen LogP contribution in [0.2, 0.25) is 0 Å². The molecule has 0 aromatic carbocycles. The van der Waals surface area contributed by atoms with E-state index in [1.54, 1.807) is 0 Å². The highest BCUT2D eigenvalue weighted by atomic mass is 15.2. The van der Waals surface area contributed by atoms with E-state index in [2.05, 4.69) is 16.2 Å². The van der Waals surface area contributed by atoms with Gasteiger partial charge in [-0.15, -0.1) is 0 Å². The molecule has 1 saturated heterocycles. The number of likely N-dealkylation sites (tertiary alicyclic amines) is 1. The zero-order valence-corrected chi connectivity index (χ0v) is 10.1. The molecule has 1 fully saturated rings. The highest BCUT2D eigenvalue weighted by Gasteiger charge is 2.37. The summed E-state index contributed by atoms with van der Waals surface area (Å²) < 4.78 is 0. The Hall–Kier alpha value is -2.03. The monoisotopic (exact) mass is 244 g/mol. The van der Waals surface area contributed by atoms with Gasteiger partial charge in [-0.05, 0) is 31.6 Å². The van der Waals surface area contributed by atoms with E-state index in [1.165, 1.54) is 0 Å². The van der Waals surface area contributed by atoms with Crippen molar-refractivity contribution in [2.45, 2.75) is 31.7 Å². The number of anilines is 2. The van der Waals surface area contributed by atoms with Crippen molar-refractivity contribution in [1.82, 2.24) is 14.9 Å². The van der Waals surface area contributed by atoms with Crippen LogP contribution in [0.4, 0.5) is 11.8 Å². The van der Waals surface area contributed by atoms with Crippen molar-refractivity contribution in [3.8, 4) is 6.19 Å². The Labute approximate surface area is 106 Å². The van der Waals surface area contributed by atoms with E-state index in [-0.39, 0.29) is 12.0 Å². The van der Waals surface area contributed by atoms with Crippen LogP contribution in [0.25, 0.3) is 0 Å². The second kappa shape index (κ2) is 4.02. The van der Waals surface area contributed by atoms with Gasteiger partial charge >= 0.3 is 0 Å². The highest BCUT2D eigenvalue weighted by Crippen LogP contribution is 2.35. The third-order valence-electron chi connectivity index (χ3n) is 4.06. The molecule has 1 aliphatic carbocycles. The van der Waals surface area contributed by atoms with Crippen molar-refractivity contribution < 1.29 is 0 Å². The molecule has 2 heterocycles. The number of fused-ring (bicyclic) bond motifs is 2. The minimum Gasteiger partial charge on any atom is -0.383 e. The number of hydrogen-bond acceptors (Lipinski definition) is 6. The van der Waals surface area contributed by atoms with Gasteiger partial charge in [0.05, 0.1) is 5.69 Å². The molecule has 1 aliphatic heterocycles. The maximum atomic E-state index is 9.18. The van der Waals surface area contributed by atoms with Gasteiger partial charge < -0.3 is 16.4 Å². The van der Waals surface area contributed by atoms with Gasteiger partial charge in [-0.3, -0.25) is 0 Å². The standard InChI is InChI=1S/C12H16N6/c13-6-18-3-1-2-7-4-9-8(5-10(7)18)11(14)17-12(15)16-9/h7,10H,1-5H2,(H4,14,15,16,17)/t7-,10-/m0/s1. The molecule has 0 spiro atoms. The lowest BCUT2D eigenvalue weighted by Crippen LogP contribution is -2.47. The van der Waals surface area contributed by atoms with E-state index < -0.39 is 0 Å². The normalized spacial score (nSPS) is 26.1. The van der Waals surface area contributed by atoms with Crippen molar-refractivity contribution in [2.24, 2.45) is 5.92 Å². The quantitative estimate of drug-likeness (QED) is 0.636. The van der Waals surface area contributed by atoms with Gasteiger partial charge in [-0.1, -0.05) is 0 Å². The fourth-order valence-electron chi connectivity index (χ4n) is 3.19. The lowest BCUT2D eigenvalue weighted by atomic mass is 9.77. The first-order valence-electron chi connectivity index (χ1n) is 6.26. The van der Waals surface area contributed by atoms with Gasteiger partial charge in [0.15, 0.2) is 6.19 Å². The number of nitriles is 1. The summed E-state index contributed by atoms with van der Waals surface area (Å²) in [5.41, 5.74) is 13.5. The molecule has 0 saturated carbocycles. The summed E-state index contributed by atoms with van der Waals surface area (Å²) in [4.78, 5) is 10.2. The van der Waals surface area contributed by atoms with Crippen molar-refractivity contribution in [2.75, 3.05) is 18.0 Å². The smallest absolute Gasteiger partial charge is 0.222 e. The summed E-state index contributed by atoms with van der Waals surface area (Å²) in [5, 5.41) is 9.18. The Morgan fingerprint density at radius 1 is 1.28 bits per heavy atom. The van der Waals surface area contributed by atoms with E-state index in [0.29, 0.717) is 11.7 Å². The molecule has 3 rings (SSSR count). The lowest BCUT2D eigenvalue weighted by molar-refractivity contribution is 0.139. The topological polar surface area (TPSA) is 105 Å². The van der Waals surface area contributed by atoms with Crippen molar-refractivity contribution >= 4 is 11.8 Å². The fraction of sp³-hybridized carbons (Fsp3) is 0.583. The molecule has 94 valence electrons. The first-order valence-corrected chi connectivity index (χ1v) is 6.26. The van der Waals surface area contributed by atoms with Crippen molar-refractivity contribution in [3.05, 3.63) is 11.3 Å². The molecule has 1 aromatic rings. The Kier molecular flexibility index (Phi) is 2.47. The Balaban J connectivity index is 1.99. The fourth-order valence-corrected chi connectivity index (χ4v) is 3.19. The summed E-state index contributed by atoms with van der Waals surface area (Å²) in [7, 11) is 0. The number of hydrogen-bond donors (Lipinski definition) is 2. The van der Waals surface area contributed by atoms with Crippen LogP contribution in [0, 0.1) is 17.4 Å². The van der Waals surface area contributed by atoms with Crippen LogP contribution in [0.15, 0.2) is 0 Å². The Morgan fingerprint density at radius 3 is 2.89 bits per heavy atom. The Morgan fingerprint density at radius 2 is 2.11 bits per heavy atom. The average molecular weight is 244 g/mol. The third-order valence-corrected chi connectivity index (χ3v) is 4.06. The van der Waals surface area contributed by atoms with E-state index in [0.717, 1.165) is 43.5 Å². The molecular weight excluding hydrogens is 228 g/mol. The van der Waals surface area contributed by atoms with Gasteiger partial charge in [0, 0.05) is 18.2 Å². The molecule has 6 heteroatoms. The van der Waals surface area contributed by atoms with Crippen LogP contribution >= 0.6 is 0 Å². The van der Waals surface area contributed by atoms with Crippen LogP contribution in [0.5, 0.6) is 0 Å². The number of piperidine rings is 1. The molecule has 6 nitrogen and oxygen atoms in total. The van der Waals surface area contributed by atoms with E-state index >= 15 is 0 Å². The van der Waals surface area contributed by atoms with Gasteiger partial charge in [-0.25, -0.2) is 4.98 Å². The van der Waals surface area contributed by atoms with Crippen molar-refractivity contribution in [3.63, 3.8) is 0 Å². The van der Waals surface area contributed by atoms with Crippen molar-refractivity contribution in [1.29, 1.82) is 5.26 Å². The van der Waals surface area contributed by atoms with Crippen LogP contribution in [0.3, 0.4) is 0 Å². The molecule has 0 amide bonds. The molecule has 2 atom stereocenters. The highest BCUT2D eigenvalue weighted by molar-refractivity contribution is 5.48. The largest absolute Gasteiger partial charge is 0.383 e. The number of nitrogens with zero attached hydrogens (tertiary/aromatic N) is 4. The predicted molar refractivity (Wildman–Crippen MR) is 67.1 cm³/mol. The molecule has 0 bridgehead atoms. The molecule has 0 unspecified atom stereocenters. The summed E-state index contributed by atoms with van der Waals surface area (Å²) in [6.07, 6.45) is 6.13. The maximum Gasteiger partial charge on any atom is 0.222 e. The van der Waals surface area contributed by atoms with E-state index in [9.17, 15) is 5.26 Å². The molecular formula is C12H16N6. The number of nitrogens with two attached hydrogens (primary N) is 2. The molecule has 4 N–H and O–H groups in total. The summed E-state index contributed by atoms with van der Waals surface area (Å²) in [6, 6.07) is 0.255. The first kappa shape index (κ1) is 11.1. The van der Waals surface area contributed by atoms with E-state index in [4.69, 9.17) is 11.5 Å². The predicted octanol–water partition coefficient (Wildman–Crippen LogP) is 0.301. The van der Waals surface area contributed by atoms with Gasteiger partial charge in [-0.2, -0.15) is 10.2 Å². The maximum absolute atomic E-state index is 9.18. The van der Waals surface area contributed by atoms with Gasteiger partial charge in [0.25, 0.3) is 0 Å². The zero-order valence-electron chi connectivity index (χ0n) is 10.1. The molecule has 18 heavy (non-hydrogen) atoms. The van der Waals surface area contributed by atoms with Crippen LogP contribution in [0.1, 0.15) is 24.1 Å². The summed E-state index contributed by atoms with van der Waals surface area (Å²) >= 11 is 0. The van der Waals surface area contributed by atoms with Gasteiger partial charge in [0.2, 0.25) is 5.95 Å². The first-order chi connectivity index (χ1) is 8.69. The number of rotatable bonds is 0. The minimum absolute atomic E-state index is 0.248. The summed E-state index contributed by atoms with van der Waals surface area (Å²) in [6.45, 7) is 0.850. The number of nitrogen functional groups attached to an aromatic ring is 2. The average Bonchev–Trinajstić information content (AvgIpc) is 2.36. The summed E-state index contributed by atoms with van der Waals surface area (Å²) in [5.74, 6) is 1.21. The second-order valence-corrected chi connectivity index (χ2v) is 5.06. The van der Waals surface area contributed by atoms with Gasteiger partial charge in [0.1, 0.15) is 5.82 Å². The zero-order chi connectivity index (χ0) is 12.7. The Bertz CT molecular complexity index is 520.